The second-order valence-electron chi connectivity index (χ2n) is 5.98. The maximum Gasteiger partial charge on any atom is 0.242 e. The first-order chi connectivity index (χ1) is 10.1. The Balaban J connectivity index is 0.00000242. The molecule has 1 amide bonds. The van der Waals surface area contributed by atoms with E-state index in [4.69, 9.17) is 10.5 Å². The molecule has 0 unspecified atom stereocenters. The number of nitrogens with zero attached hydrogens (tertiary/aromatic N) is 1. The molecule has 1 aromatic carbocycles. The summed E-state index contributed by atoms with van der Waals surface area (Å²) >= 11 is 0. The van der Waals surface area contributed by atoms with Crippen molar-refractivity contribution in [1.29, 1.82) is 0 Å². The Bertz CT molecular complexity index is 447. The standard InChI is InChI=1S/C17H26N2O2.ClH/c1-19(16(20)17(18)10-6-3-7-11-17)12-13-21-14-15-8-4-2-5-9-15;/h2,4-5,8-9H,3,6-7,10-14,18H2,1H3;1H. The highest BCUT2D eigenvalue weighted by Crippen LogP contribution is 2.27. The van der Waals surface area contributed by atoms with Gasteiger partial charge in [0.1, 0.15) is 0 Å². The van der Waals surface area contributed by atoms with Crippen molar-refractivity contribution in [2.75, 3.05) is 20.2 Å². The lowest BCUT2D eigenvalue weighted by Gasteiger charge is -2.35. The van der Waals surface area contributed by atoms with Gasteiger partial charge in [0.15, 0.2) is 0 Å². The van der Waals surface area contributed by atoms with E-state index in [1.54, 1.807) is 4.90 Å². The number of ether oxygens (including phenoxy) is 1. The van der Waals surface area contributed by atoms with Crippen LogP contribution < -0.4 is 5.73 Å². The highest BCUT2D eigenvalue weighted by Gasteiger charge is 2.37. The van der Waals surface area contributed by atoms with Crippen LogP contribution in [0, 0.1) is 0 Å². The molecule has 0 aromatic heterocycles. The maximum atomic E-state index is 12.4. The van der Waals surface area contributed by atoms with Gasteiger partial charge in [-0.2, -0.15) is 0 Å². The maximum absolute atomic E-state index is 12.4. The van der Waals surface area contributed by atoms with Crippen molar-refractivity contribution in [3.05, 3.63) is 35.9 Å². The third-order valence-electron chi connectivity index (χ3n) is 4.20. The topological polar surface area (TPSA) is 55.6 Å². The largest absolute Gasteiger partial charge is 0.375 e. The third-order valence-corrected chi connectivity index (χ3v) is 4.20. The summed E-state index contributed by atoms with van der Waals surface area (Å²) in [5.74, 6) is 0.0607. The van der Waals surface area contributed by atoms with Crippen molar-refractivity contribution in [2.45, 2.75) is 44.2 Å². The van der Waals surface area contributed by atoms with E-state index >= 15 is 0 Å². The molecule has 0 saturated heterocycles. The van der Waals surface area contributed by atoms with Crippen molar-refractivity contribution in [2.24, 2.45) is 5.73 Å². The summed E-state index contributed by atoms with van der Waals surface area (Å²) in [6.07, 6.45) is 4.92. The van der Waals surface area contributed by atoms with E-state index in [2.05, 4.69) is 0 Å². The second-order valence-corrected chi connectivity index (χ2v) is 5.98. The molecule has 124 valence electrons. The molecule has 2 N–H and O–H groups in total. The molecule has 4 nitrogen and oxygen atoms in total. The monoisotopic (exact) mass is 326 g/mol. The summed E-state index contributed by atoms with van der Waals surface area (Å²) < 4.78 is 5.63. The zero-order chi connectivity index (χ0) is 15.1. The highest BCUT2D eigenvalue weighted by molar-refractivity contribution is 5.86. The van der Waals surface area contributed by atoms with Crippen LogP contribution in [0.5, 0.6) is 0 Å². The van der Waals surface area contributed by atoms with Gasteiger partial charge < -0.3 is 15.4 Å². The molecule has 1 aliphatic rings. The average Bonchev–Trinajstić information content (AvgIpc) is 2.52. The first-order valence-electron chi connectivity index (χ1n) is 7.78. The van der Waals surface area contributed by atoms with Gasteiger partial charge in [0.05, 0.1) is 18.8 Å². The van der Waals surface area contributed by atoms with Crippen LogP contribution in [0.4, 0.5) is 0 Å². The minimum Gasteiger partial charge on any atom is -0.375 e. The summed E-state index contributed by atoms with van der Waals surface area (Å²) in [5.41, 5.74) is 6.77. The van der Waals surface area contributed by atoms with Crippen LogP contribution in [0.3, 0.4) is 0 Å². The van der Waals surface area contributed by atoms with Crippen LogP contribution in [0.15, 0.2) is 30.3 Å². The van der Waals surface area contributed by atoms with Crippen molar-refractivity contribution in [1.82, 2.24) is 4.90 Å². The minimum absolute atomic E-state index is 0. The Morgan fingerprint density at radius 1 is 1.23 bits per heavy atom. The predicted octanol–water partition coefficient (Wildman–Crippen LogP) is 2.75. The average molecular weight is 327 g/mol. The number of carbonyl (C=O) groups is 1. The highest BCUT2D eigenvalue weighted by atomic mass is 35.5. The molecule has 22 heavy (non-hydrogen) atoms. The van der Waals surface area contributed by atoms with Crippen LogP contribution in [-0.2, 0) is 16.1 Å². The number of hydrogen-bond acceptors (Lipinski definition) is 3. The zero-order valence-electron chi connectivity index (χ0n) is 13.3. The molecule has 0 bridgehead atoms. The van der Waals surface area contributed by atoms with Crippen LogP contribution in [0.25, 0.3) is 0 Å². The SMILES string of the molecule is CN(CCOCc1ccccc1)C(=O)C1(N)CCCCC1.Cl. The number of benzene rings is 1. The van der Waals surface area contributed by atoms with Gasteiger partial charge in [-0.3, -0.25) is 4.79 Å². The number of likely N-dealkylation sites (N-methyl/N-ethyl adjacent to an activating group) is 1. The van der Waals surface area contributed by atoms with Gasteiger partial charge in [-0.15, -0.1) is 12.4 Å². The van der Waals surface area contributed by atoms with E-state index in [-0.39, 0.29) is 18.3 Å². The molecule has 5 heteroatoms. The smallest absolute Gasteiger partial charge is 0.242 e. The lowest BCUT2D eigenvalue weighted by molar-refractivity contribution is -0.137. The normalized spacial score (nSPS) is 16.6. The van der Waals surface area contributed by atoms with E-state index in [0.717, 1.165) is 31.2 Å². The van der Waals surface area contributed by atoms with E-state index < -0.39 is 5.54 Å². The van der Waals surface area contributed by atoms with Crippen LogP contribution in [0.1, 0.15) is 37.7 Å². The molecule has 0 spiro atoms. The zero-order valence-corrected chi connectivity index (χ0v) is 14.1. The van der Waals surface area contributed by atoms with Crippen molar-refractivity contribution in [3.8, 4) is 0 Å². The number of carbonyl (C=O) groups excluding carboxylic acids is 1. The molecule has 0 radical (unpaired) electrons. The summed E-state index contributed by atoms with van der Waals surface area (Å²) in [7, 11) is 1.82. The van der Waals surface area contributed by atoms with Crippen LogP contribution in [0.2, 0.25) is 0 Å². The molecule has 1 aromatic rings. The Labute approximate surface area is 139 Å². The summed E-state index contributed by atoms with van der Waals surface area (Å²) in [6.45, 7) is 1.70. The summed E-state index contributed by atoms with van der Waals surface area (Å²) in [5, 5.41) is 0. The molecule has 1 aliphatic carbocycles. The number of rotatable bonds is 6. The number of hydrogen-bond donors (Lipinski definition) is 1. The Morgan fingerprint density at radius 3 is 2.50 bits per heavy atom. The third kappa shape index (κ3) is 5.27. The fraction of sp³-hybridized carbons (Fsp3) is 0.588. The number of nitrogens with two attached hydrogens (primary N) is 1. The predicted molar refractivity (Wildman–Crippen MR) is 91.0 cm³/mol. The van der Waals surface area contributed by atoms with Crippen molar-refractivity contribution < 1.29 is 9.53 Å². The molecule has 2 rings (SSSR count). The number of amides is 1. The minimum atomic E-state index is -0.646. The van der Waals surface area contributed by atoms with Gasteiger partial charge in [-0.1, -0.05) is 49.6 Å². The Morgan fingerprint density at radius 2 is 1.86 bits per heavy atom. The summed E-state index contributed by atoms with van der Waals surface area (Å²) in [6, 6.07) is 10.0. The van der Waals surface area contributed by atoms with Crippen molar-refractivity contribution in [3.63, 3.8) is 0 Å². The van der Waals surface area contributed by atoms with Crippen LogP contribution >= 0.6 is 12.4 Å². The van der Waals surface area contributed by atoms with E-state index in [1.807, 2.05) is 37.4 Å². The van der Waals surface area contributed by atoms with Gasteiger partial charge in [0.25, 0.3) is 0 Å². The van der Waals surface area contributed by atoms with Gasteiger partial charge >= 0.3 is 0 Å². The fourth-order valence-corrected chi connectivity index (χ4v) is 2.84. The Kier molecular flexibility index (Phi) is 7.87. The molecule has 1 fully saturated rings. The second kappa shape index (κ2) is 9.13. The van der Waals surface area contributed by atoms with E-state index in [0.29, 0.717) is 19.8 Å². The van der Waals surface area contributed by atoms with Crippen LogP contribution in [-0.4, -0.2) is 36.5 Å². The van der Waals surface area contributed by atoms with Gasteiger partial charge in [0.2, 0.25) is 5.91 Å². The van der Waals surface area contributed by atoms with Gasteiger partial charge in [-0.05, 0) is 18.4 Å². The van der Waals surface area contributed by atoms with Gasteiger partial charge in [-0.25, -0.2) is 0 Å². The molecular weight excluding hydrogens is 300 g/mol. The first kappa shape index (κ1) is 18.9. The first-order valence-corrected chi connectivity index (χ1v) is 7.78. The fourth-order valence-electron chi connectivity index (χ4n) is 2.84. The lowest BCUT2D eigenvalue weighted by atomic mass is 9.81. The Hall–Kier alpha value is -1.10. The van der Waals surface area contributed by atoms with Crippen molar-refractivity contribution >= 4 is 18.3 Å². The van der Waals surface area contributed by atoms with E-state index in [1.165, 1.54) is 6.42 Å². The van der Waals surface area contributed by atoms with Gasteiger partial charge in [0, 0.05) is 13.6 Å². The summed E-state index contributed by atoms with van der Waals surface area (Å²) in [4.78, 5) is 14.1. The number of halogens is 1. The molecule has 0 aliphatic heterocycles. The molecule has 0 atom stereocenters. The molecular formula is C17H27ClN2O2. The molecule has 0 heterocycles. The quantitative estimate of drug-likeness (QED) is 0.818. The van der Waals surface area contributed by atoms with E-state index in [9.17, 15) is 4.79 Å². The lowest BCUT2D eigenvalue weighted by Crippen LogP contribution is -2.55. The molecule has 1 saturated carbocycles.